The van der Waals surface area contributed by atoms with Crippen molar-refractivity contribution in [2.45, 2.75) is 33.1 Å². The molecule has 1 N–H and O–H groups in total. The molecule has 0 aliphatic carbocycles. The van der Waals surface area contributed by atoms with Crippen LogP contribution in [0, 0.1) is 18.7 Å². The highest BCUT2D eigenvalue weighted by atomic mass is 32.1. The second-order valence-electron chi connectivity index (χ2n) is 4.29. The lowest BCUT2D eigenvalue weighted by Crippen LogP contribution is -1.93. The molecule has 0 aliphatic heterocycles. The second kappa shape index (κ2) is 5.27. The van der Waals surface area contributed by atoms with E-state index < -0.39 is 0 Å². The minimum atomic E-state index is 0.353. The van der Waals surface area contributed by atoms with Gasteiger partial charge in [0.1, 0.15) is 0 Å². The summed E-state index contributed by atoms with van der Waals surface area (Å²) in [5.41, 5.74) is 4.06. The van der Waals surface area contributed by atoms with Gasteiger partial charge < -0.3 is 4.42 Å². The SMILES string of the molecule is Cc1ccc(CCCc2n[nH]c(=S)o2)c(C)c1. The summed E-state index contributed by atoms with van der Waals surface area (Å²) >= 11 is 4.83. The van der Waals surface area contributed by atoms with Crippen molar-refractivity contribution in [3.8, 4) is 0 Å². The van der Waals surface area contributed by atoms with Crippen molar-refractivity contribution >= 4 is 12.2 Å². The van der Waals surface area contributed by atoms with Gasteiger partial charge in [0.15, 0.2) is 0 Å². The highest BCUT2D eigenvalue weighted by molar-refractivity contribution is 7.71. The van der Waals surface area contributed by atoms with Crippen molar-refractivity contribution in [3.05, 3.63) is 45.6 Å². The summed E-state index contributed by atoms with van der Waals surface area (Å²) in [5, 5.41) is 6.62. The van der Waals surface area contributed by atoms with E-state index in [0.717, 1.165) is 19.3 Å². The van der Waals surface area contributed by atoms with Crippen LogP contribution in [0.1, 0.15) is 29.0 Å². The number of hydrogen-bond acceptors (Lipinski definition) is 3. The van der Waals surface area contributed by atoms with E-state index >= 15 is 0 Å². The van der Waals surface area contributed by atoms with Crippen LogP contribution in [-0.4, -0.2) is 10.2 Å². The third kappa shape index (κ3) is 3.27. The Bertz CT molecular complexity index is 557. The quantitative estimate of drug-likeness (QED) is 0.842. The van der Waals surface area contributed by atoms with Crippen molar-refractivity contribution < 1.29 is 4.42 Å². The van der Waals surface area contributed by atoms with E-state index in [-0.39, 0.29) is 0 Å². The van der Waals surface area contributed by atoms with Crippen LogP contribution in [0.4, 0.5) is 0 Å². The molecule has 1 heterocycles. The van der Waals surface area contributed by atoms with E-state index in [4.69, 9.17) is 16.6 Å². The largest absolute Gasteiger partial charge is 0.414 e. The summed E-state index contributed by atoms with van der Waals surface area (Å²) in [6, 6.07) is 6.57. The van der Waals surface area contributed by atoms with Gasteiger partial charge in [-0.1, -0.05) is 23.8 Å². The lowest BCUT2D eigenvalue weighted by Gasteiger charge is -2.05. The molecule has 90 valence electrons. The highest BCUT2D eigenvalue weighted by Crippen LogP contribution is 2.13. The summed E-state index contributed by atoms with van der Waals surface area (Å²) < 4.78 is 5.22. The van der Waals surface area contributed by atoms with Gasteiger partial charge in [-0.15, -0.1) is 5.10 Å². The minimum absolute atomic E-state index is 0.353. The van der Waals surface area contributed by atoms with Crippen molar-refractivity contribution in [1.29, 1.82) is 0 Å². The van der Waals surface area contributed by atoms with Crippen molar-refractivity contribution in [1.82, 2.24) is 10.2 Å². The standard InChI is InChI=1S/C13H16N2OS/c1-9-6-7-11(10(2)8-9)4-3-5-12-14-15-13(17)16-12/h6-8H,3-5H2,1-2H3,(H,15,17). The predicted molar refractivity (Wildman–Crippen MR) is 69.6 cm³/mol. The van der Waals surface area contributed by atoms with E-state index in [2.05, 4.69) is 42.2 Å². The number of nitrogens with zero attached hydrogens (tertiary/aromatic N) is 1. The first kappa shape index (κ1) is 12.0. The molecule has 0 unspecified atom stereocenters. The maximum absolute atomic E-state index is 5.22. The Morgan fingerprint density at radius 3 is 2.76 bits per heavy atom. The van der Waals surface area contributed by atoms with Crippen LogP contribution < -0.4 is 0 Å². The van der Waals surface area contributed by atoms with Gasteiger partial charge in [0.2, 0.25) is 5.89 Å². The Kier molecular flexibility index (Phi) is 3.74. The molecule has 1 aromatic heterocycles. The number of benzene rings is 1. The number of rotatable bonds is 4. The van der Waals surface area contributed by atoms with Gasteiger partial charge in [-0.2, -0.15) is 0 Å². The molecule has 0 fully saturated rings. The summed E-state index contributed by atoms with van der Waals surface area (Å²) in [5.74, 6) is 0.694. The number of aromatic nitrogens is 2. The number of aryl methyl sites for hydroxylation is 4. The molecule has 2 aromatic rings. The molecule has 4 heteroatoms. The van der Waals surface area contributed by atoms with Gasteiger partial charge >= 0.3 is 0 Å². The maximum Gasteiger partial charge on any atom is 0.284 e. The summed E-state index contributed by atoms with van der Waals surface area (Å²) in [7, 11) is 0. The molecule has 0 aliphatic rings. The van der Waals surface area contributed by atoms with E-state index in [1.54, 1.807) is 0 Å². The molecule has 17 heavy (non-hydrogen) atoms. The van der Waals surface area contributed by atoms with Crippen LogP contribution in [0.3, 0.4) is 0 Å². The molecule has 2 rings (SSSR count). The molecule has 0 saturated carbocycles. The fraction of sp³-hybridized carbons (Fsp3) is 0.385. The third-order valence-electron chi connectivity index (χ3n) is 2.82. The maximum atomic E-state index is 5.22. The fourth-order valence-corrected chi connectivity index (χ4v) is 2.07. The average Bonchev–Trinajstić information content (AvgIpc) is 2.68. The summed E-state index contributed by atoms with van der Waals surface area (Å²) in [6.45, 7) is 4.27. The molecular weight excluding hydrogens is 232 g/mol. The van der Waals surface area contributed by atoms with Crippen LogP contribution in [0.25, 0.3) is 0 Å². The van der Waals surface area contributed by atoms with Crippen LogP contribution in [0.5, 0.6) is 0 Å². The Labute approximate surface area is 106 Å². The number of aromatic amines is 1. The molecular formula is C13H16N2OS. The van der Waals surface area contributed by atoms with Crippen molar-refractivity contribution in [2.24, 2.45) is 0 Å². The first-order chi connectivity index (χ1) is 8.15. The second-order valence-corrected chi connectivity index (χ2v) is 4.66. The van der Waals surface area contributed by atoms with Crippen LogP contribution in [0.15, 0.2) is 22.6 Å². The van der Waals surface area contributed by atoms with Crippen molar-refractivity contribution in [2.75, 3.05) is 0 Å². The monoisotopic (exact) mass is 248 g/mol. The van der Waals surface area contributed by atoms with Gasteiger partial charge in [-0.25, -0.2) is 5.10 Å². The predicted octanol–water partition coefficient (Wildman–Crippen LogP) is 3.52. The molecule has 3 nitrogen and oxygen atoms in total. The lowest BCUT2D eigenvalue weighted by molar-refractivity contribution is 0.474. The number of nitrogens with one attached hydrogen (secondary N) is 1. The Morgan fingerprint density at radius 1 is 1.29 bits per heavy atom. The van der Waals surface area contributed by atoms with E-state index in [1.807, 2.05) is 0 Å². The van der Waals surface area contributed by atoms with Gasteiger partial charge in [0.05, 0.1) is 0 Å². The Hall–Kier alpha value is -1.42. The normalized spacial score (nSPS) is 10.7. The van der Waals surface area contributed by atoms with Crippen molar-refractivity contribution in [3.63, 3.8) is 0 Å². The van der Waals surface area contributed by atoms with E-state index in [1.165, 1.54) is 16.7 Å². The fourth-order valence-electron chi connectivity index (χ4n) is 1.92. The first-order valence-electron chi connectivity index (χ1n) is 5.75. The Balaban J connectivity index is 1.92. The zero-order valence-corrected chi connectivity index (χ0v) is 10.9. The lowest BCUT2D eigenvalue weighted by atomic mass is 10.0. The molecule has 0 saturated heterocycles. The smallest absolute Gasteiger partial charge is 0.284 e. The molecule has 0 spiro atoms. The van der Waals surface area contributed by atoms with Crippen LogP contribution in [0.2, 0.25) is 0 Å². The molecule has 0 amide bonds. The van der Waals surface area contributed by atoms with Crippen LogP contribution >= 0.6 is 12.2 Å². The zero-order chi connectivity index (χ0) is 12.3. The summed E-state index contributed by atoms with van der Waals surface area (Å²) in [6.07, 6.45) is 2.88. The van der Waals surface area contributed by atoms with Gasteiger partial charge in [0, 0.05) is 6.42 Å². The first-order valence-corrected chi connectivity index (χ1v) is 6.16. The van der Waals surface area contributed by atoms with E-state index in [9.17, 15) is 0 Å². The van der Waals surface area contributed by atoms with Crippen LogP contribution in [-0.2, 0) is 12.8 Å². The zero-order valence-electron chi connectivity index (χ0n) is 10.1. The highest BCUT2D eigenvalue weighted by Gasteiger charge is 2.02. The molecule has 0 bridgehead atoms. The average molecular weight is 248 g/mol. The minimum Gasteiger partial charge on any atom is -0.414 e. The van der Waals surface area contributed by atoms with Gasteiger partial charge in [0.25, 0.3) is 4.84 Å². The number of H-pyrrole nitrogens is 1. The third-order valence-corrected chi connectivity index (χ3v) is 2.99. The summed E-state index contributed by atoms with van der Waals surface area (Å²) in [4.78, 5) is 0.353. The Morgan fingerprint density at radius 2 is 2.12 bits per heavy atom. The molecule has 0 radical (unpaired) electrons. The topological polar surface area (TPSA) is 41.8 Å². The van der Waals surface area contributed by atoms with Gasteiger partial charge in [-0.05, 0) is 50.0 Å². The number of hydrogen-bond donors (Lipinski definition) is 1. The molecule has 1 aromatic carbocycles. The van der Waals surface area contributed by atoms with Gasteiger partial charge in [-0.3, -0.25) is 0 Å². The van der Waals surface area contributed by atoms with E-state index in [0.29, 0.717) is 10.7 Å². The molecule has 0 atom stereocenters.